The van der Waals surface area contributed by atoms with Crippen LogP contribution in [0.25, 0.3) is 0 Å². The van der Waals surface area contributed by atoms with Crippen molar-refractivity contribution in [1.82, 2.24) is 10.2 Å². The van der Waals surface area contributed by atoms with Crippen LogP contribution in [0.15, 0.2) is 0 Å². The van der Waals surface area contributed by atoms with Crippen LogP contribution in [-0.4, -0.2) is 52.3 Å². The summed E-state index contributed by atoms with van der Waals surface area (Å²) in [6.07, 6.45) is 1.25. The monoisotopic (exact) mass is 260 g/mol. The Morgan fingerprint density at radius 2 is 1.94 bits per heavy atom. The van der Waals surface area contributed by atoms with E-state index in [9.17, 15) is 14.7 Å². The van der Waals surface area contributed by atoms with Crippen molar-refractivity contribution in [3.05, 3.63) is 0 Å². The van der Waals surface area contributed by atoms with Crippen LogP contribution in [0.5, 0.6) is 0 Å². The maximum absolute atomic E-state index is 11.8. The summed E-state index contributed by atoms with van der Waals surface area (Å²) in [5, 5.41) is 20.8. The molecule has 0 bridgehead atoms. The van der Waals surface area contributed by atoms with Crippen LogP contribution in [-0.2, 0) is 4.79 Å². The number of nitrogens with zero attached hydrogens (tertiary/aromatic N) is 1. The molecule has 0 rings (SSSR count). The van der Waals surface area contributed by atoms with E-state index in [-0.39, 0.29) is 19.0 Å². The second-order valence-corrected chi connectivity index (χ2v) is 4.96. The Hall–Kier alpha value is -1.30. The number of urea groups is 1. The number of aliphatic hydroxyl groups is 1. The van der Waals surface area contributed by atoms with Crippen LogP contribution < -0.4 is 5.32 Å². The highest BCUT2D eigenvalue weighted by molar-refractivity contribution is 5.74. The van der Waals surface area contributed by atoms with Gasteiger partial charge < -0.3 is 20.4 Å². The van der Waals surface area contributed by atoms with Gasteiger partial charge in [0.1, 0.15) is 0 Å². The van der Waals surface area contributed by atoms with Crippen LogP contribution in [0.4, 0.5) is 4.79 Å². The fraction of sp³-hybridized carbons (Fsp3) is 0.833. The van der Waals surface area contributed by atoms with Gasteiger partial charge in [0.25, 0.3) is 0 Å². The molecule has 0 aliphatic heterocycles. The number of hydrogen-bond acceptors (Lipinski definition) is 3. The van der Waals surface area contributed by atoms with Gasteiger partial charge in [0.2, 0.25) is 0 Å². The molecule has 0 aliphatic carbocycles. The second-order valence-electron chi connectivity index (χ2n) is 4.96. The van der Waals surface area contributed by atoms with Crippen molar-refractivity contribution in [3.63, 3.8) is 0 Å². The highest BCUT2D eigenvalue weighted by Gasteiger charge is 2.21. The fourth-order valence-corrected chi connectivity index (χ4v) is 1.54. The first kappa shape index (κ1) is 16.7. The first-order valence-corrected chi connectivity index (χ1v) is 6.23. The van der Waals surface area contributed by atoms with Crippen molar-refractivity contribution >= 4 is 12.0 Å². The van der Waals surface area contributed by atoms with E-state index in [2.05, 4.69) is 5.32 Å². The molecule has 0 atom stereocenters. The number of aliphatic carboxylic acids is 1. The lowest BCUT2D eigenvalue weighted by molar-refractivity contribution is -0.137. The lowest BCUT2D eigenvalue weighted by atomic mass is 10.1. The summed E-state index contributed by atoms with van der Waals surface area (Å²) in [6.45, 7) is 6.40. The molecule has 0 fully saturated rings. The van der Waals surface area contributed by atoms with E-state index in [0.717, 1.165) is 6.42 Å². The minimum Gasteiger partial charge on any atom is -0.481 e. The Kier molecular flexibility index (Phi) is 7.35. The van der Waals surface area contributed by atoms with Crippen LogP contribution in [0, 0.1) is 0 Å². The largest absolute Gasteiger partial charge is 0.481 e. The molecule has 106 valence electrons. The molecule has 0 radical (unpaired) electrons. The maximum Gasteiger partial charge on any atom is 0.317 e. The van der Waals surface area contributed by atoms with Crippen molar-refractivity contribution in [2.24, 2.45) is 0 Å². The summed E-state index contributed by atoms with van der Waals surface area (Å²) in [5.41, 5.74) is -0.937. The summed E-state index contributed by atoms with van der Waals surface area (Å²) in [5.74, 6) is -0.869. The Balaban J connectivity index is 4.10. The molecule has 0 aromatic heterocycles. The Labute approximate surface area is 108 Å². The third kappa shape index (κ3) is 8.81. The molecule has 0 saturated heterocycles. The van der Waals surface area contributed by atoms with E-state index >= 15 is 0 Å². The molecule has 2 amide bonds. The van der Waals surface area contributed by atoms with Crippen molar-refractivity contribution in [3.8, 4) is 0 Å². The highest BCUT2D eigenvalue weighted by atomic mass is 16.4. The molecule has 0 aromatic carbocycles. The number of nitrogens with one attached hydrogen (secondary N) is 1. The Bertz CT molecular complexity index is 274. The summed E-state index contributed by atoms with van der Waals surface area (Å²) in [4.78, 5) is 23.7. The number of rotatable bonds is 8. The molecular formula is C12H24N2O4. The van der Waals surface area contributed by atoms with Gasteiger partial charge in [0, 0.05) is 19.5 Å². The van der Waals surface area contributed by atoms with E-state index < -0.39 is 11.6 Å². The Morgan fingerprint density at radius 3 is 2.39 bits per heavy atom. The molecule has 6 nitrogen and oxygen atoms in total. The van der Waals surface area contributed by atoms with Crippen LogP contribution in [0.3, 0.4) is 0 Å². The molecule has 0 spiro atoms. The molecule has 0 aliphatic rings. The smallest absolute Gasteiger partial charge is 0.317 e. The number of carboxylic acid groups (broad SMARTS) is 1. The van der Waals surface area contributed by atoms with E-state index in [4.69, 9.17) is 5.11 Å². The van der Waals surface area contributed by atoms with Crippen LogP contribution in [0.2, 0.25) is 0 Å². The van der Waals surface area contributed by atoms with E-state index in [0.29, 0.717) is 19.5 Å². The van der Waals surface area contributed by atoms with Gasteiger partial charge in [-0.25, -0.2) is 4.79 Å². The number of amides is 2. The zero-order valence-electron chi connectivity index (χ0n) is 11.4. The van der Waals surface area contributed by atoms with Crippen molar-refractivity contribution in [1.29, 1.82) is 0 Å². The molecule has 0 unspecified atom stereocenters. The van der Waals surface area contributed by atoms with Gasteiger partial charge in [-0.3, -0.25) is 4.79 Å². The fourth-order valence-electron chi connectivity index (χ4n) is 1.54. The predicted octanol–water partition coefficient (Wildman–Crippen LogP) is 1.04. The number of carbonyl (C=O) groups is 2. The van der Waals surface area contributed by atoms with Gasteiger partial charge in [0.15, 0.2) is 0 Å². The molecule has 0 heterocycles. The van der Waals surface area contributed by atoms with Crippen molar-refractivity contribution in [2.75, 3.05) is 19.6 Å². The summed E-state index contributed by atoms with van der Waals surface area (Å²) in [7, 11) is 0. The molecule has 6 heteroatoms. The number of hydrogen-bond donors (Lipinski definition) is 3. The third-order valence-electron chi connectivity index (χ3n) is 2.20. The number of carboxylic acids is 1. The normalized spacial score (nSPS) is 11.1. The van der Waals surface area contributed by atoms with Gasteiger partial charge in [-0.1, -0.05) is 6.92 Å². The standard InChI is InChI=1S/C12H24N2O4/c1-4-8-14(9-12(2,3)18)11(17)13-7-5-6-10(15)16/h18H,4-9H2,1-3H3,(H,13,17)(H,15,16). The zero-order chi connectivity index (χ0) is 14.2. The van der Waals surface area contributed by atoms with Gasteiger partial charge in [0.05, 0.1) is 12.1 Å². The predicted molar refractivity (Wildman–Crippen MR) is 68.4 cm³/mol. The minimum atomic E-state index is -0.937. The highest BCUT2D eigenvalue weighted by Crippen LogP contribution is 2.06. The summed E-state index contributed by atoms with van der Waals surface area (Å²) in [6, 6.07) is -0.260. The maximum atomic E-state index is 11.8. The molecular weight excluding hydrogens is 236 g/mol. The summed E-state index contributed by atoms with van der Waals surface area (Å²) >= 11 is 0. The van der Waals surface area contributed by atoms with Crippen molar-refractivity contribution < 1.29 is 19.8 Å². The lowest BCUT2D eigenvalue weighted by Crippen LogP contribution is -2.47. The Morgan fingerprint density at radius 1 is 1.33 bits per heavy atom. The molecule has 0 saturated carbocycles. The zero-order valence-corrected chi connectivity index (χ0v) is 11.4. The molecule has 18 heavy (non-hydrogen) atoms. The van der Waals surface area contributed by atoms with Crippen molar-refractivity contribution in [2.45, 2.75) is 45.6 Å². The second kappa shape index (κ2) is 7.92. The van der Waals surface area contributed by atoms with Crippen LogP contribution in [0.1, 0.15) is 40.0 Å². The minimum absolute atomic E-state index is 0.0412. The number of carbonyl (C=O) groups excluding carboxylic acids is 1. The van der Waals surface area contributed by atoms with Gasteiger partial charge in [-0.2, -0.15) is 0 Å². The SMILES string of the molecule is CCCN(CC(C)(C)O)C(=O)NCCCC(=O)O. The lowest BCUT2D eigenvalue weighted by Gasteiger charge is -2.29. The molecule has 0 aromatic rings. The average Bonchev–Trinajstić information content (AvgIpc) is 2.21. The van der Waals surface area contributed by atoms with E-state index in [1.807, 2.05) is 6.92 Å². The van der Waals surface area contributed by atoms with Crippen LogP contribution >= 0.6 is 0 Å². The average molecular weight is 260 g/mol. The quantitative estimate of drug-likeness (QED) is 0.569. The van der Waals surface area contributed by atoms with Gasteiger partial charge >= 0.3 is 12.0 Å². The first-order chi connectivity index (χ1) is 8.26. The topological polar surface area (TPSA) is 89.9 Å². The van der Waals surface area contributed by atoms with Gasteiger partial charge in [-0.15, -0.1) is 0 Å². The van der Waals surface area contributed by atoms with Gasteiger partial charge in [-0.05, 0) is 26.7 Å². The molecule has 3 N–H and O–H groups in total. The van der Waals surface area contributed by atoms with E-state index in [1.165, 1.54) is 0 Å². The first-order valence-electron chi connectivity index (χ1n) is 6.23. The van der Waals surface area contributed by atoms with E-state index in [1.54, 1.807) is 18.7 Å². The third-order valence-corrected chi connectivity index (χ3v) is 2.20. The summed E-state index contributed by atoms with van der Waals surface area (Å²) < 4.78 is 0.